The summed E-state index contributed by atoms with van der Waals surface area (Å²) >= 11 is 0. The van der Waals surface area contributed by atoms with Crippen LogP contribution >= 0.6 is 0 Å². The van der Waals surface area contributed by atoms with Gasteiger partial charge < -0.3 is 5.32 Å². The Bertz CT molecular complexity index is 1020. The number of carbonyl (C=O) groups excluding carboxylic acids is 1. The molecule has 2 N–H and O–H groups in total. The van der Waals surface area contributed by atoms with E-state index < -0.39 is 10.0 Å². The fraction of sp³-hybridized carbons (Fsp3) is 0.0952. The molecule has 0 heterocycles. The van der Waals surface area contributed by atoms with Gasteiger partial charge in [0.1, 0.15) is 0 Å². The molecule has 0 radical (unpaired) electrons. The first-order chi connectivity index (χ1) is 13.0. The van der Waals surface area contributed by atoms with Gasteiger partial charge in [0.05, 0.1) is 10.9 Å². The quantitative estimate of drug-likeness (QED) is 0.679. The van der Waals surface area contributed by atoms with Crippen LogP contribution in [0.2, 0.25) is 0 Å². The Morgan fingerprint density at radius 2 is 1.48 bits per heavy atom. The van der Waals surface area contributed by atoms with E-state index in [1.807, 2.05) is 37.3 Å². The molecule has 0 saturated heterocycles. The summed E-state index contributed by atoms with van der Waals surface area (Å²) in [4.78, 5) is 12.6. The van der Waals surface area contributed by atoms with Gasteiger partial charge in [-0.2, -0.15) is 0 Å². The molecule has 5 nitrogen and oxygen atoms in total. The molecule has 6 heteroatoms. The summed E-state index contributed by atoms with van der Waals surface area (Å²) in [5, 5.41) is 2.89. The number of hydrogen-bond acceptors (Lipinski definition) is 3. The van der Waals surface area contributed by atoms with E-state index in [9.17, 15) is 13.2 Å². The zero-order valence-corrected chi connectivity index (χ0v) is 15.6. The molecule has 0 unspecified atom stereocenters. The molecular formula is C21H20N2O3S. The number of para-hydroxylation sites is 1. The van der Waals surface area contributed by atoms with Gasteiger partial charge in [0, 0.05) is 11.3 Å². The summed E-state index contributed by atoms with van der Waals surface area (Å²) in [5.74, 6) is -0.330. The predicted molar refractivity (Wildman–Crippen MR) is 106 cm³/mol. The van der Waals surface area contributed by atoms with Crippen molar-refractivity contribution in [1.82, 2.24) is 5.32 Å². The van der Waals surface area contributed by atoms with E-state index in [4.69, 9.17) is 0 Å². The minimum absolute atomic E-state index is 0.0337. The van der Waals surface area contributed by atoms with Gasteiger partial charge in [-0.1, -0.05) is 54.6 Å². The average Bonchev–Trinajstić information content (AvgIpc) is 2.69. The highest BCUT2D eigenvalue weighted by molar-refractivity contribution is 7.92. The van der Waals surface area contributed by atoms with Crippen molar-refractivity contribution >= 4 is 21.6 Å². The van der Waals surface area contributed by atoms with Crippen LogP contribution in [0.5, 0.6) is 0 Å². The van der Waals surface area contributed by atoms with Gasteiger partial charge in [-0.05, 0) is 42.8 Å². The summed E-state index contributed by atoms with van der Waals surface area (Å²) in [6, 6.07) is 24.0. The van der Waals surface area contributed by atoms with Gasteiger partial charge in [0.25, 0.3) is 15.9 Å². The smallest absolute Gasteiger partial charge is 0.261 e. The number of benzene rings is 3. The lowest BCUT2D eigenvalue weighted by Crippen LogP contribution is -2.26. The van der Waals surface area contributed by atoms with Crippen molar-refractivity contribution in [3.63, 3.8) is 0 Å². The van der Waals surface area contributed by atoms with Crippen molar-refractivity contribution in [2.24, 2.45) is 0 Å². The maximum absolute atomic E-state index is 12.6. The molecule has 0 aromatic heterocycles. The molecular weight excluding hydrogens is 360 g/mol. The van der Waals surface area contributed by atoms with Crippen LogP contribution in [0.15, 0.2) is 89.8 Å². The molecule has 0 aliphatic carbocycles. The summed E-state index contributed by atoms with van der Waals surface area (Å²) in [6.45, 7) is 1.88. The molecule has 0 bridgehead atoms. The lowest BCUT2D eigenvalue weighted by molar-refractivity contribution is 0.0939. The molecule has 0 aliphatic heterocycles. The first-order valence-corrected chi connectivity index (χ1v) is 9.98. The van der Waals surface area contributed by atoms with E-state index in [0.717, 1.165) is 5.56 Å². The highest BCUT2D eigenvalue weighted by atomic mass is 32.2. The van der Waals surface area contributed by atoms with Crippen LogP contribution in [-0.4, -0.2) is 14.3 Å². The predicted octanol–water partition coefficient (Wildman–Crippen LogP) is 3.98. The van der Waals surface area contributed by atoms with Crippen molar-refractivity contribution in [2.75, 3.05) is 4.72 Å². The van der Waals surface area contributed by atoms with Crippen molar-refractivity contribution in [3.8, 4) is 0 Å². The van der Waals surface area contributed by atoms with Crippen LogP contribution in [0.25, 0.3) is 0 Å². The third-order valence-corrected chi connectivity index (χ3v) is 5.46. The van der Waals surface area contributed by atoms with Crippen LogP contribution in [0.1, 0.15) is 28.9 Å². The first-order valence-electron chi connectivity index (χ1n) is 8.49. The average molecular weight is 380 g/mol. The summed E-state index contributed by atoms with van der Waals surface area (Å²) in [7, 11) is -3.78. The third-order valence-electron chi connectivity index (χ3n) is 4.08. The summed E-state index contributed by atoms with van der Waals surface area (Å²) < 4.78 is 27.7. The van der Waals surface area contributed by atoms with Gasteiger partial charge in [-0.3, -0.25) is 9.52 Å². The Morgan fingerprint density at radius 3 is 2.15 bits per heavy atom. The minimum atomic E-state index is -3.78. The lowest BCUT2D eigenvalue weighted by atomic mass is 10.1. The maximum Gasteiger partial charge on any atom is 0.261 e. The summed E-state index contributed by atoms with van der Waals surface area (Å²) in [5.41, 5.74) is 1.72. The zero-order valence-electron chi connectivity index (χ0n) is 14.8. The molecule has 0 fully saturated rings. The van der Waals surface area contributed by atoms with Gasteiger partial charge in [-0.15, -0.1) is 0 Å². The van der Waals surface area contributed by atoms with E-state index in [0.29, 0.717) is 5.69 Å². The zero-order chi connectivity index (χ0) is 19.3. The number of anilines is 1. The highest BCUT2D eigenvalue weighted by Gasteiger charge is 2.17. The topological polar surface area (TPSA) is 75.3 Å². The van der Waals surface area contributed by atoms with Gasteiger partial charge >= 0.3 is 0 Å². The Labute approximate surface area is 159 Å². The second-order valence-corrected chi connectivity index (χ2v) is 7.79. The van der Waals surface area contributed by atoms with Crippen molar-refractivity contribution in [1.29, 1.82) is 0 Å². The second-order valence-electron chi connectivity index (χ2n) is 6.11. The van der Waals surface area contributed by atoms with Crippen molar-refractivity contribution in [3.05, 3.63) is 96.1 Å². The maximum atomic E-state index is 12.6. The van der Waals surface area contributed by atoms with Crippen LogP contribution in [-0.2, 0) is 10.0 Å². The summed E-state index contributed by atoms with van der Waals surface area (Å²) in [6.07, 6.45) is 0. The molecule has 27 heavy (non-hydrogen) atoms. The molecule has 0 aliphatic rings. The minimum Gasteiger partial charge on any atom is -0.346 e. The molecule has 0 spiro atoms. The van der Waals surface area contributed by atoms with Crippen LogP contribution < -0.4 is 10.0 Å². The number of nitrogens with one attached hydrogen (secondary N) is 2. The van der Waals surface area contributed by atoms with Crippen LogP contribution in [0.4, 0.5) is 5.69 Å². The van der Waals surface area contributed by atoms with Crippen LogP contribution in [0, 0.1) is 0 Å². The molecule has 1 atom stereocenters. The fourth-order valence-corrected chi connectivity index (χ4v) is 3.73. The largest absolute Gasteiger partial charge is 0.346 e. The monoisotopic (exact) mass is 380 g/mol. The number of hydrogen-bond donors (Lipinski definition) is 2. The van der Waals surface area contributed by atoms with Gasteiger partial charge in [-0.25, -0.2) is 8.42 Å². The second kappa shape index (κ2) is 8.05. The molecule has 0 saturated carbocycles. The van der Waals surface area contributed by atoms with E-state index in [-0.39, 0.29) is 22.4 Å². The van der Waals surface area contributed by atoms with Crippen molar-refractivity contribution < 1.29 is 13.2 Å². The normalized spacial score (nSPS) is 12.2. The Morgan fingerprint density at radius 1 is 0.852 bits per heavy atom. The third kappa shape index (κ3) is 4.74. The Hall–Kier alpha value is -3.12. The standard InChI is InChI=1S/C21H20N2O3S/c1-16(17-9-4-2-5-10-17)22-21(24)18-11-8-14-20(15-18)27(25,26)23-19-12-6-3-7-13-19/h2-16,23H,1H3,(H,22,24)/t16-/m1/s1. The first kappa shape index (κ1) is 18.7. The Kier molecular flexibility index (Phi) is 5.57. The number of sulfonamides is 1. The highest BCUT2D eigenvalue weighted by Crippen LogP contribution is 2.18. The van der Waals surface area contributed by atoms with Gasteiger partial charge in [0.2, 0.25) is 0 Å². The lowest BCUT2D eigenvalue weighted by Gasteiger charge is -2.15. The van der Waals surface area contributed by atoms with E-state index in [1.165, 1.54) is 12.1 Å². The van der Waals surface area contributed by atoms with E-state index >= 15 is 0 Å². The molecule has 3 rings (SSSR count). The van der Waals surface area contributed by atoms with E-state index in [1.54, 1.807) is 42.5 Å². The van der Waals surface area contributed by atoms with E-state index in [2.05, 4.69) is 10.0 Å². The van der Waals surface area contributed by atoms with Gasteiger partial charge in [0.15, 0.2) is 0 Å². The van der Waals surface area contributed by atoms with Crippen LogP contribution in [0.3, 0.4) is 0 Å². The van der Waals surface area contributed by atoms with Crippen molar-refractivity contribution in [2.45, 2.75) is 17.9 Å². The number of rotatable bonds is 6. The fourth-order valence-electron chi connectivity index (χ4n) is 2.63. The number of amides is 1. The molecule has 3 aromatic rings. The molecule has 1 amide bonds. The molecule has 3 aromatic carbocycles. The molecule has 138 valence electrons. The Balaban J connectivity index is 1.77. The number of carbonyl (C=O) groups is 1. The SMILES string of the molecule is C[C@@H](NC(=O)c1cccc(S(=O)(=O)Nc2ccccc2)c1)c1ccccc1.